The highest BCUT2D eigenvalue weighted by Crippen LogP contribution is 1.71. The molecule has 4 nitrogen and oxygen atoms in total. The molecule has 40 valence electrons. The summed E-state index contributed by atoms with van der Waals surface area (Å²) in [5, 5.41) is 0. The Morgan fingerprint density at radius 2 is 2.29 bits per heavy atom. The molecule has 0 fully saturated rings. The molecule has 0 aliphatic carbocycles. The van der Waals surface area contributed by atoms with Gasteiger partial charge < -0.3 is 0 Å². The maximum atomic E-state index is 9.99. The van der Waals surface area contributed by atoms with Gasteiger partial charge in [-0.25, -0.2) is 9.63 Å². The first-order valence-corrected chi connectivity index (χ1v) is 1.74. The minimum atomic E-state index is -0.428. The summed E-state index contributed by atoms with van der Waals surface area (Å²) in [5.74, 6) is -0.428. The van der Waals surface area contributed by atoms with Crippen LogP contribution in [0.15, 0.2) is 0 Å². The maximum Gasteiger partial charge on any atom is 0.459 e. The normalized spacial score (nSPS) is 7.71. The Labute approximate surface area is 41.1 Å². The molecule has 0 aromatic heterocycles. The van der Waals surface area contributed by atoms with Crippen molar-refractivity contribution in [2.24, 2.45) is 0 Å². The molecule has 0 aromatic rings. The van der Waals surface area contributed by atoms with Crippen LogP contribution in [0.3, 0.4) is 0 Å². The molecular formula is C3H7N2O2+. The molecule has 0 radical (unpaired) electrons. The molecule has 1 amide bonds. The van der Waals surface area contributed by atoms with E-state index in [1.54, 1.807) is 0 Å². The third-order valence-corrected chi connectivity index (χ3v) is 0.469. The van der Waals surface area contributed by atoms with Crippen LogP contribution in [0, 0.1) is 5.53 Å². The SMILES string of the molecule is CO[N+](=N)C(C)=O. The van der Waals surface area contributed by atoms with E-state index in [0.29, 0.717) is 4.86 Å². The molecule has 0 heterocycles. The van der Waals surface area contributed by atoms with Gasteiger partial charge in [0, 0.05) is 5.53 Å². The summed E-state index contributed by atoms with van der Waals surface area (Å²) in [6, 6.07) is 0. The molecule has 7 heavy (non-hydrogen) atoms. The van der Waals surface area contributed by atoms with Crippen molar-refractivity contribution >= 4 is 5.91 Å². The number of hydrogen-bond acceptors (Lipinski definition) is 3. The summed E-state index contributed by atoms with van der Waals surface area (Å²) in [6.07, 6.45) is 0. The molecule has 0 spiro atoms. The quantitative estimate of drug-likeness (QED) is 0.291. The molecule has 0 saturated carbocycles. The van der Waals surface area contributed by atoms with Crippen LogP contribution in [0.5, 0.6) is 0 Å². The smallest absolute Gasteiger partial charge is 0.246 e. The van der Waals surface area contributed by atoms with Crippen LogP contribution in [-0.4, -0.2) is 17.9 Å². The topological polar surface area (TPSA) is 53.2 Å². The Morgan fingerprint density at radius 1 is 1.86 bits per heavy atom. The number of hydrogen-bond donors (Lipinski definition) is 1. The summed E-state index contributed by atoms with van der Waals surface area (Å²) in [7, 11) is 1.26. The highest BCUT2D eigenvalue weighted by molar-refractivity contribution is 5.62. The first-order chi connectivity index (χ1) is 3.18. The summed E-state index contributed by atoms with van der Waals surface area (Å²) in [4.78, 5) is 14.6. The van der Waals surface area contributed by atoms with E-state index in [-0.39, 0.29) is 0 Å². The van der Waals surface area contributed by atoms with Crippen LogP contribution < -0.4 is 0 Å². The molecule has 4 heteroatoms. The lowest BCUT2D eigenvalue weighted by molar-refractivity contribution is -0.776. The molecule has 0 aliphatic heterocycles. The average molecular weight is 103 g/mol. The lowest BCUT2D eigenvalue weighted by Crippen LogP contribution is -2.11. The van der Waals surface area contributed by atoms with Crippen molar-refractivity contribution in [2.45, 2.75) is 6.92 Å². The van der Waals surface area contributed by atoms with E-state index in [4.69, 9.17) is 5.53 Å². The molecule has 0 atom stereocenters. The summed E-state index contributed by atoms with van der Waals surface area (Å²) < 4.78 is 0. The van der Waals surface area contributed by atoms with E-state index in [1.165, 1.54) is 14.0 Å². The summed E-state index contributed by atoms with van der Waals surface area (Å²) in [6.45, 7) is 1.25. The van der Waals surface area contributed by atoms with E-state index in [0.717, 1.165) is 0 Å². The first-order valence-electron chi connectivity index (χ1n) is 1.74. The van der Waals surface area contributed by atoms with Gasteiger partial charge in [0.2, 0.25) is 0 Å². The van der Waals surface area contributed by atoms with Crippen molar-refractivity contribution in [3.05, 3.63) is 0 Å². The van der Waals surface area contributed by atoms with Crippen LogP contribution >= 0.6 is 0 Å². The van der Waals surface area contributed by atoms with Crippen LogP contribution in [-0.2, 0) is 9.63 Å². The number of rotatable bonds is 1. The van der Waals surface area contributed by atoms with Crippen LogP contribution in [0.25, 0.3) is 0 Å². The van der Waals surface area contributed by atoms with Crippen molar-refractivity contribution in [1.29, 1.82) is 5.53 Å². The van der Waals surface area contributed by atoms with Gasteiger partial charge in [0.1, 0.15) is 0 Å². The van der Waals surface area contributed by atoms with Crippen molar-refractivity contribution in [3.8, 4) is 0 Å². The van der Waals surface area contributed by atoms with Crippen molar-refractivity contribution in [3.63, 3.8) is 0 Å². The van der Waals surface area contributed by atoms with E-state index in [9.17, 15) is 4.79 Å². The standard InChI is InChI=1S/C3H7N2O2/c1-3(6)5(4)7-2/h4H,1-2H3/q+1. The van der Waals surface area contributed by atoms with Crippen molar-refractivity contribution in [2.75, 3.05) is 7.11 Å². The second-order valence-electron chi connectivity index (χ2n) is 0.996. The number of nitrogens with zero attached hydrogens (tertiary/aromatic N) is 1. The Balaban J connectivity index is 3.58. The van der Waals surface area contributed by atoms with E-state index < -0.39 is 5.91 Å². The average Bonchev–Trinajstić information content (AvgIpc) is 1.65. The zero-order valence-corrected chi connectivity index (χ0v) is 4.26. The number of nitrogens with one attached hydrogen (secondary N) is 1. The number of hydroxylamine groups is 1. The predicted octanol–water partition coefficient (Wildman–Crippen LogP) is 0.138. The highest BCUT2D eigenvalue weighted by Gasteiger charge is 2.08. The largest absolute Gasteiger partial charge is 0.459 e. The van der Waals surface area contributed by atoms with E-state index >= 15 is 0 Å². The number of amides is 1. The third-order valence-electron chi connectivity index (χ3n) is 0.469. The molecule has 0 aromatic carbocycles. The van der Waals surface area contributed by atoms with Gasteiger partial charge in [0.15, 0.2) is 12.0 Å². The van der Waals surface area contributed by atoms with E-state index in [1.807, 2.05) is 0 Å². The molecule has 0 rings (SSSR count). The van der Waals surface area contributed by atoms with Gasteiger partial charge in [-0.3, -0.25) is 0 Å². The highest BCUT2D eigenvalue weighted by atomic mass is 16.7. The summed E-state index contributed by atoms with van der Waals surface area (Å²) in [5.41, 5.74) is 6.54. The fourth-order valence-corrected chi connectivity index (χ4v) is 0.129. The molecule has 0 aliphatic rings. The van der Waals surface area contributed by atoms with Gasteiger partial charge in [-0.2, -0.15) is 0 Å². The van der Waals surface area contributed by atoms with Gasteiger partial charge in [0.05, 0.1) is 6.92 Å². The predicted molar refractivity (Wildman–Crippen MR) is 20.7 cm³/mol. The maximum absolute atomic E-state index is 9.99. The minimum Gasteiger partial charge on any atom is -0.246 e. The third kappa shape index (κ3) is 1.86. The zero-order valence-electron chi connectivity index (χ0n) is 4.26. The second kappa shape index (κ2) is 2.28. The fraction of sp³-hybridized carbons (Fsp3) is 0.667. The van der Waals surface area contributed by atoms with Crippen LogP contribution in [0.1, 0.15) is 6.92 Å². The Morgan fingerprint density at radius 3 is 2.29 bits per heavy atom. The van der Waals surface area contributed by atoms with Gasteiger partial charge in [0.25, 0.3) is 0 Å². The van der Waals surface area contributed by atoms with Crippen molar-refractivity contribution < 1.29 is 14.5 Å². The van der Waals surface area contributed by atoms with Gasteiger partial charge in [-0.1, -0.05) is 0 Å². The summed E-state index contributed by atoms with van der Waals surface area (Å²) >= 11 is 0. The van der Waals surface area contributed by atoms with Crippen LogP contribution in [0.4, 0.5) is 0 Å². The lowest BCUT2D eigenvalue weighted by Gasteiger charge is -1.79. The van der Waals surface area contributed by atoms with Crippen LogP contribution in [0.2, 0.25) is 0 Å². The van der Waals surface area contributed by atoms with Crippen molar-refractivity contribution in [1.82, 2.24) is 0 Å². The number of carbonyl (C=O) groups excluding carboxylic acids is 1. The van der Waals surface area contributed by atoms with E-state index in [2.05, 4.69) is 4.84 Å². The minimum absolute atomic E-state index is 0.403. The fourth-order valence-electron chi connectivity index (χ4n) is 0.129. The molecular weight excluding hydrogens is 96.0 g/mol. The molecule has 0 bridgehead atoms. The van der Waals surface area contributed by atoms with Gasteiger partial charge in [-0.15, -0.1) is 0 Å². The molecule has 0 saturated heterocycles. The Kier molecular flexibility index (Phi) is 1.98. The lowest BCUT2D eigenvalue weighted by atomic mass is 10.8. The second-order valence-corrected chi connectivity index (χ2v) is 0.996. The Hall–Kier alpha value is -0.930. The van der Waals surface area contributed by atoms with Gasteiger partial charge >= 0.3 is 5.91 Å². The van der Waals surface area contributed by atoms with Gasteiger partial charge in [-0.05, 0) is 0 Å². The monoisotopic (exact) mass is 103 g/mol. The first kappa shape index (κ1) is 6.07. The number of carbonyl (C=O) groups is 1. The molecule has 0 unspecified atom stereocenters. The Bertz CT molecular complexity index is 99.1. The zero-order chi connectivity index (χ0) is 5.86. The molecule has 1 N–H and O–H groups in total.